The van der Waals surface area contributed by atoms with E-state index in [2.05, 4.69) is 16.4 Å². The van der Waals surface area contributed by atoms with Gasteiger partial charge in [-0.1, -0.05) is 11.6 Å². The van der Waals surface area contributed by atoms with Crippen LogP contribution >= 0.6 is 22.9 Å². The number of nitrogens with one attached hydrogen (secondary N) is 1. The number of hydrogen-bond donors (Lipinski definition) is 1. The van der Waals surface area contributed by atoms with E-state index in [-0.39, 0.29) is 0 Å². The van der Waals surface area contributed by atoms with Crippen LogP contribution in [0.1, 0.15) is 10.7 Å². The topological polar surface area (TPSA) is 67.2 Å². The number of benzene rings is 1. The summed E-state index contributed by atoms with van der Waals surface area (Å²) < 4.78 is 10.5. The van der Waals surface area contributed by atoms with Gasteiger partial charge in [-0.25, -0.2) is 4.98 Å². The summed E-state index contributed by atoms with van der Waals surface area (Å²) in [5, 5.41) is 15.3. The van der Waals surface area contributed by atoms with E-state index in [1.165, 1.54) is 18.4 Å². The fourth-order valence-corrected chi connectivity index (χ4v) is 2.74. The second kappa shape index (κ2) is 7.16. The van der Waals surface area contributed by atoms with Gasteiger partial charge >= 0.3 is 0 Å². The van der Waals surface area contributed by atoms with Crippen molar-refractivity contribution in [1.82, 2.24) is 4.98 Å². The minimum atomic E-state index is 0.439. The van der Waals surface area contributed by atoms with Crippen LogP contribution in [0, 0.1) is 18.3 Å². The highest BCUT2D eigenvalue weighted by Gasteiger charge is 2.10. The number of allylic oxidation sites excluding steroid dienone is 1. The molecule has 5 nitrogen and oxygen atoms in total. The van der Waals surface area contributed by atoms with Crippen LogP contribution in [0.3, 0.4) is 0 Å². The van der Waals surface area contributed by atoms with Crippen LogP contribution in [-0.2, 0) is 0 Å². The number of rotatable bonds is 5. The van der Waals surface area contributed by atoms with Gasteiger partial charge in [-0.3, -0.25) is 0 Å². The molecule has 7 heteroatoms. The predicted octanol–water partition coefficient (Wildman–Crippen LogP) is 4.10. The summed E-state index contributed by atoms with van der Waals surface area (Å²) in [6.45, 7) is 1.88. The van der Waals surface area contributed by atoms with E-state index >= 15 is 0 Å². The third-order valence-electron chi connectivity index (χ3n) is 2.82. The van der Waals surface area contributed by atoms with Gasteiger partial charge in [0.25, 0.3) is 0 Å². The van der Waals surface area contributed by atoms with Crippen molar-refractivity contribution in [2.75, 3.05) is 19.5 Å². The smallest absolute Gasteiger partial charge is 0.144 e. The molecule has 0 aliphatic carbocycles. The van der Waals surface area contributed by atoms with Gasteiger partial charge in [0, 0.05) is 29.4 Å². The Labute approximate surface area is 137 Å². The molecule has 0 fully saturated rings. The number of thiazole rings is 1. The number of hydrogen-bond acceptors (Lipinski definition) is 6. The van der Waals surface area contributed by atoms with E-state index in [1.807, 2.05) is 12.3 Å². The summed E-state index contributed by atoms with van der Waals surface area (Å²) in [5.74, 6) is 1.07. The summed E-state index contributed by atoms with van der Waals surface area (Å²) in [4.78, 5) is 4.30. The summed E-state index contributed by atoms with van der Waals surface area (Å²) >= 11 is 7.48. The lowest BCUT2D eigenvalue weighted by molar-refractivity contribution is 0.405. The normalized spacial score (nSPS) is 11.0. The first-order chi connectivity index (χ1) is 10.6. The van der Waals surface area contributed by atoms with Crippen LogP contribution in [0.4, 0.5) is 5.69 Å². The number of anilines is 1. The van der Waals surface area contributed by atoms with Gasteiger partial charge in [0.2, 0.25) is 0 Å². The van der Waals surface area contributed by atoms with Gasteiger partial charge in [-0.05, 0) is 6.92 Å². The van der Waals surface area contributed by atoms with Crippen LogP contribution in [-0.4, -0.2) is 19.2 Å². The molecular formula is C15H14ClN3O2S. The Balaban J connectivity index is 2.33. The molecule has 0 unspecified atom stereocenters. The highest BCUT2D eigenvalue weighted by molar-refractivity contribution is 7.10. The van der Waals surface area contributed by atoms with Gasteiger partial charge in [0.05, 0.1) is 24.9 Å². The van der Waals surface area contributed by atoms with Gasteiger partial charge in [0.1, 0.15) is 28.1 Å². The van der Waals surface area contributed by atoms with Crippen molar-refractivity contribution in [3.63, 3.8) is 0 Å². The average molecular weight is 336 g/mol. The number of halogens is 1. The van der Waals surface area contributed by atoms with Crippen molar-refractivity contribution in [2.24, 2.45) is 0 Å². The van der Waals surface area contributed by atoms with Crippen molar-refractivity contribution in [1.29, 1.82) is 5.26 Å². The maximum atomic E-state index is 9.27. The van der Waals surface area contributed by atoms with Crippen molar-refractivity contribution < 1.29 is 9.47 Å². The lowest BCUT2D eigenvalue weighted by Crippen LogP contribution is -1.96. The number of methoxy groups -OCH3 is 2. The van der Waals surface area contributed by atoms with Crippen LogP contribution < -0.4 is 14.8 Å². The molecular weight excluding hydrogens is 322 g/mol. The van der Waals surface area contributed by atoms with E-state index in [0.717, 1.165) is 5.69 Å². The van der Waals surface area contributed by atoms with E-state index in [4.69, 9.17) is 21.1 Å². The standard InChI is InChI=1S/C15H14ClN3O2S/c1-9-8-22-15(19-9)10(6-17)7-18-12-5-13(20-2)11(16)4-14(12)21-3/h4-5,7-8,18H,1-3H3. The van der Waals surface area contributed by atoms with Crippen molar-refractivity contribution in [2.45, 2.75) is 6.92 Å². The Morgan fingerprint density at radius 3 is 2.64 bits per heavy atom. The largest absolute Gasteiger partial charge is 0.495 e. The third-order valence-corrected chi connectivity index (χ3v) is 4.10. The SMILES string of the molecule is COc1cc(NC=C(C#N)c2nc(C)cs2)c(OC)cc1Cl. The molecule has 0 radical (unpaired) electrons. The Morgan fingerprint density at radius 1 is 1.36 bits per heavy atom. The van der Waals surface area contributed by atoms with Gasteiger partial charge in [-0.2, -0.15) is 5.26 Å². The predicted molar refractivity (Wildman–Crippen MR) is 88.6 cm³/mol. The van der Waals surface area contributed by atoms with Gasteiger partial charge < -0.3 is 14.8 Å². The molecule has 2 rings (SSSR count). The zero-order valence-corrected chi connectivity index (χ0v) is 13.9. The molecule has 1 aromatic heterocycles. The Bertz CT molecular complexity index is 750. The van der Waals surface area contributed by atoms with E-state index in [1.54, 1.807) is 25.4 Å². The Hall–Kier alpha value is -2.23. The van der Waals surface area contributed by atoms with Gasteiger partial charge in [0.15, 0.2) is 0 Å². The number of aromatic nitrogens is 1. The van der Waals surface area contributed by atoms with Crippen LogP contribution in [0.15, 0.2) is 23.7 Å². The number of aryl methyl sites for hydroxylation is 1. The second-order valence-corrected chi connectivity index (χ2v) is 5.56. The molecule has 0 bridgehead atoms. The first kappa shape index (κ1) is 16.1. The molecule has 1 aromatic carbocycles. The minimum absolute atomic E-state index is 0.439. The van der Waals surface area contributed by atoms with Crippen molar-refractivity contribution in [3.05, 3.63) is 39.4 Å². The van der Waals surface area contributed by atoms with Crippen LogP contribution in [0.5, 0.6) is 11.5 Å². The maximum Gasteiger partial charge on any atom is 0.144 e. The monoisotopic (exact) mass is 335 g/mol. The zero-order chi connectivity index (χ0) is 16.1. The molecule has 2 aromatic rings. The quantitative estimate of drug-likeness (QED) is 0.833. The summed E-state index contributed by atoms with van der Waals surface area (Å²) in [5.41, 5.74) is 1.96. The number of ether oxygens (including phenoxy) is 2. The van der Waals surface area contributed by atoms with Crippen molar-refractivity contribution in [3.8, 4) is 17.6 Å². The lowest BCUT2D eigenvalue weighted by Gasteiger charge is -2.12. The van der Waals surface area contributed by atoms with E-state index in [0.29, 0.717) is 32.8 Å². The first-order valence-corrected chi connectivity index (χ1v) is 7.55. The molecule has 0 aliphatic rings. The molecule has 114 valence electrons. The molecule has 0 saturated heterocycles. The first-order valence-electron chi connectivity index (χ1n) is 6.30. The third kappa shape index (κ3) is 3.50. The lowest BCUT2D eigenvalue weighted by atomic mass is 10.2. The number of nitrogens with zero attached hydrogens (tertiary/aromatic N) is 2. The maximum absolute atomic E-state index is 9.27. The summed E-state index contributed by atoms with van der Waals surface area (Å²) in [6, 6.07) is 5.48. The molecule has 1 N–H and O–H groups in total. The summed E-state index contributed by atoms with van der Waals surface area (Å²) in [6.07, 6.45) is 1.59. The van der Waals surface area contributed by atoms with E-state index < -0.39 is 0 Å². The Morgan fingerprint density at radius 2 is 2.09 bits per heavy atom. The van der Waals surface area contributed by atoms with Crippen LogP contribution in [0.2, 0.25) is 5.02 Å². The fraction of sp³-hybridized carbons (Fsp3) is 0.200. The zero-order valence-electron chi connectivity index (χ0n) is 12.3. The minimum Gasteiger partial charge on any atom is -0.495 e. The molecule has 22 heavy (non-hydrogen) atoms. The molecule has 1 heterocycles. The molecule has 0 aliphatic heterocycles. The van der Waals surface area contributed by atoms with Crippen LogP contribution in [0.25, 0.3) is 5.57 Å². The second-order valence-electron chi connectivity index (χ2n) is 4.30. The molecule has 0 atom stereocenters. The van der Waals surface area contributed by atoms with E-state index in [9.17, 15) is 5.26 Å². The molecule has 0 saturated carbocycles. The highest BCUT2D eigenvalue weighted by Crippen LogP contribution is 2.36. The summed E-state index contributed by atoms with van der Waals surface area (Å²) in [7, 11) is 3.08. The molecule has 0 amide bonds. The van der Waals surface area contributed by atoms with Gasteiger partial charge in [-0.15, -0.1) is 11.3 Å². The fourth-order valence-electron chi connectivity index (χ4n) is 1.74. The average Bonchev–Trinajstić information content (AvgIpc) is 2.95. The number of nitriles is 1. The Kier molecular flexibility index (Phi) is 5.26. The molecule has 0 spiro atoms. The van der Waals surface area contributed by atoms with Crippen molar-refractivity contribution >= 4 is 34.2 Å². The highest BCUT2D eigenvalue weighted by atomic mass is 35.5.